The monoisotopic (exact) mass is 484 g/mol. The smallest absolute Gasteiger partial charge is 0.231 e. The summed E-state index contributed by atoms with van der Waals surface area (Å²) in [6.45, 7) is 9.94. The zero-order chi connectivity index (χ0) is 25.4. The van der Waals surface area contributed by atoms with Gasteiger partial charge in [0.25, 0.3) is 0 Å². The summed E-state index contributed by atoms with van der Waals surface area (Å²) in [5.41, 5.74) is 4.64. The number of aliphatic hydroxyl groups is 1. The third-order valence-corrected chi connectivity index (χ3v) is 7.09. The van der Waals surface area contributed by atoms with Gasteiger partial charge in [0.05, 0.1) is 23.2 Å². The van der Waals surface area contributed by atoms with Crippen LogP contribution in [0, 0.1) is 11.8 Å². The maximum absolute atomic E-state index is 13.6. The lowest BCUT2D eigenvalue weighted by Gasteiger charge is -2.32. The Labute approximate surface area is 211 Å². The normalized spacial score (nSPS) is 18.0. The fraction of sp³-hybridized carbons (Fsp3) is 0.345. The standard InChI is InChI=1S/C29H32N4O3/c1-18(2)33(29(35)22-7-5-19(3)6-8-22)28-24(20(4)34)17-32(31-28)23-11-9-21(10-12-23)25-13-14-27-26(30-25)15-16-36-27/h9-19,22,34H,4-8H2,1-3H3. The second-order valence-electron chi connectivity index (χ2n) is 10.1. The van der Waals surface area contributed by atoms with Crippen molar-refractivity contribution in [1.82, 2.24) is 14.8 Å². The molecule has 1 aliphatic rings. The number of pyridine rings is 1. The number of hydrogen-bond acceptors (Lipinski definition) is 5. The molecular weight excluding hydrogens is 452 g/mol. The summed E-state index contributed by atoms with van der Waals surface area (Å²) in [7, 11) is 0. The minimum absolute atomic E-state index is 0.0205. The Morgan fingerprint density at radius 2 is 1.83 bits per heavy atom. The highest BCUT2D eigenvalue weighted by molar-refractivity contribution is 5.96. The maximum atomic E-state index is 13.6. The summed E-state index contributed by atoms with van der Waals surface area (Å²) in [5, 5.41) is 15.1. The lowest BCUT2D eigenvalue weighted by atomic mass is 9.82. The number of benzene rings is 1. The summed E-state index contributed by atoms with van der Waals surface area (Å²) >= 11 is 0. The molecule has 0 atom stereocenters. The number of carbonyl (C=O) groups is 1. The first-order chi connectivity index (χ1) is 17.3. The van der Waals surface area contributed by atoms with E-state index in [4.69, 9.17) is 9.52 Å². The van der Waals surface area contributed by atoms with Gasteiger partial charge >= 0.3 is 0 Å². The molecule has 36 heavy (non-hydrogen) atoms. The maximum Gasteiger partial charge on any atom is 0.231 e. The molecule has 3 aromatic heterocycles. The topological polar surface area (TPSA) is 84.4 Å². The fourth-order valence-corrected chi connectivity index (χ4v) is 4.98. The predicted molar refractivity (Wildman–Crippen MR) is 142 cm³/mol. The minimum Gasteiger partial charge on any atom is -0.508 e. The van der Waals surface area contributed by atoms with E-state index in [0.29, 0.717) is 17.3 Å². The number of aromatic nitrogens is 3. The van der Waals surface area contributed by atoms with E-state index in [2.05, 4.69) is 18.5 Å². The number of furan rings is 1. The number of fused-ring (bicyclic) bond motifs is 1. The molecule has 1 amide bonds. The van der Waals surface area contributed by atoms with E-state index in [1.54, 1.807) is 22.0 Å². The van der Waals surface area contributed by atoms with Crippen LogP contribution < -0.4 is 4.90 Å². The van der Waals surface area contributed by atoms with Gasteiger partial charge in [-0.1, -0.05) is 25.6 Å². The van der Waals surface area contributed by atoms with Gasteiger partial charge < -0.3 is 9.52 Å². The number of carbonyl (C=O) groups excluding carboxylic acids is 1. The summed E-state index contributed by atoms with van der Waals surface area (Å²) < 4.78 is 7.07. The molecule has 0 spiro atoms. The first-order valence-electron chi connectivity index (χ1n) is 12.6. The van der Waals surface area contributed by atoms with Gasteiger partial charge in [-0.25, -0.2) is 9.67 Å². The molecule has 1 saturated carbocycles. The molecule has 4 aromatic rings. The van der Waals surface area contributed by atoms with E-state index in [9.17, 15) is 9.90 Å². The van der Waals surface area contributed by atoms with Crippen LogP contribution in [0.3, 0.4) is 0 Å². The predicted octanol–water partition coefficient (Wildman–Crippen LogP) is 6.78. The number of anilines is 1. The summed E-state index contributed by atoms with van der Waals surface area (Å²) in [5.74, 6) is 1.04. The van der Waals surface area contributed by atoms with E-state index in [1.807, 2.05) is 56.3 Å². The van der Waals surface area contributed by atoms with E-state index in [-0.39, 0.29) is 23.6 Å². The molecule has 0 radical (unpaired) electrons. The molecule has 0 aliphatic heterocycles. The highest BCUT2D eigenvalue weighted by Crippen LogP contribution is 2.34. The van der Waals surface area contributed by atoms with E-state index >= 15 is 0 Å². The molecule has 0 saturated heterocycles. The van der Waals surface area contributed by atoms with Gasteiger partial charge in [0.2, 0.25) is 5.91 Å². The Morgan fingerprint density at radius 3 is 2.50 bits per heavy atom. The molecule has 1 aromatic carbocycles. The average Bonchev–Trinajstić information content (AvgIpc) is 3.51. The molecule has 1 N–H and O–H groups in total. The average molecular weight is 485 g/mol. The van der Waals surface area contributed by atoms with Crippen molar-refractivity contribution >= 4 is 28.6 Å². The van der Waals surface area contributed by atoms with Crippen molar-refractivity contribution in [2.45, 2.75) is 52.5 Å². The van der Waals surface area contributed by atoms with Crippen LogP contribution in [-0.4, -0.2) is 31.8 Å². The van der Waals surface area contributed by atoms with Crippen LogP contribution in [0.5, 0.6) is 0 Å². The van der Waals surface area contributed by atoms with Crippen LogP contribution in [0.2, 0.25) is 0 Å². The molecule has 3 heterocycles. The van der Waals surface area contributed by atoms with Gasteiger partial charge in [-0.2, -0.15) is 0 Å². The second-order valence-corrected chi connectivity index (χ2v) is 10.1. The van der Waals surface area contributed by atoms with Gasteiger partial charge in [-0.05, 0) is 69.7 Å². The number of hydrogen-bond donors (Lipinski definition) is 1. The molecular formula is C29H32N4O3. The molecule has 1 aliphatic carbocycles. The van der Waals surface area contributed by atoms with Gasteiger partial charge in [0.1, 0.15) is 11.3 Å². The third-order valence-electron chi connectivity index (χ3n) is 7.09. The van der Waals surface area contributed by atoms with Crippen molar-refractivity contribution in [2.75, 3.05) is 4.90 Å². The van der Waals surface area contributed by atoms with Crippen molar-refractivity contribution in [1.29, 1.82) is 0 Å². The van der Waals surface area contributed by atoms with Crippen LogP contribution in [0.25, 0.3) is 33.8 Å². The van der Waals surface area contributed by atoms with Gasteiger partial charge in [0.15, 0.2) is 11.4 Å². The number of amides is 1. The third kappa shape index (κ3) is 4.53. The zero-order valence-electron chi connectivity index (χ0n) is 21.0. The molecule has 7 nitrogen and oxygen atoms in total. The lowest BCUT2D eigenvalue weighted by molar-refractivity contribution is -0.124. The van der Waals surface area contributed by atoms with Crippen LogP contribution in [0.4, 0.5) is 5.82 Å². The fourth-order valence-electron chi connectivity index (χ4n) is 4.98. The summed E-state index contributed by atoms with van der Waals surface area (Å²) in [6.07, 6.45) is 7.26. The Bertz CT molecular complexity index is 1390. The van der Waals surface area contributed by atoms with E-state index < -0.39 is 0 Å². The molecule has 0 unspecified atom stereocenters. The molecule has 186 valence electrons. The summed E-state index contributed by atoms with van der Waals surface area (Å²) in [4.78, 5) is 20.0. The van der Waals surface area contributed by atoms with Crippen molar-refractivity contribution in [2.24, 2.45) is 11.8 Å². The number of nitrogens with zero attached hydrogens (tertiary/aromatic N) is 4. The van der Waals surface area contributed by atoms with E-state index in [0.717, 1.165) is 53.7 Å². The highest BCUT2D eigenvalue weighted by Gasteiger charge is 2.33. The van der Waals surface area contributed by atoms with Gasteiger partial charge in [-0.15, -0.1) is 5.10 Å². The quantitative estimate of drug-likeness (QED) is 0.305. The van der Waals surface area contributed by atoms with Crippen molar-refractivity contribution in [3.63, 3.8) is 0 Å². The Balaban J connectivity index is 1.46. The Hall–Kier alpha value is -3.87. The lowest BCUT2D eigenvalue weighted by Crippen LogP contribution is -2.42. The van der Waals surface area contributed by atoms with Crippen LogP contribution in [-0.2, 0) is 4.79 Å². The Morgan fingerprint density at radius 1 is 1.11 bits per heavy atom. The Kier molecular flexibility index (Phi) is 6.39. The van der Waals surface area contributed by atoms with E-state index in [1.165, 1.54) is 0 Å². The molecule has 1 fully saturated rings. The SMILES string of the molecule is C=C(O)c1cn(-c2ccc(-c3ccc4occc4n3)cc2)nc1N(C(=O)C1CCC(C)CC1)C(C)C. The van der Waals surface area contributed by atoms with Gasteiger partial charge in [0, 0.05) is 29.8 Å². The number of aliphatic hydroxyl groups excluding tert-OH is 1. The number of rotatable bonds is 6. The highest BCUT2D eigenvalue weighted by atomic mass is 16.3. The minimum atomic E-state index is -0.110. The second kappa shape index (κ2) is 9.64. The summed E-state index contributed by atoms with van der Waals surface area (Å²) in [6, 6.07) is 13.4. The van der Waals surface area contributed by atoms with Crippen molar-refractivity contribution in [3.05, 3.63) is 67.1 Å². The van der Waals surface area contributed by atoms with Crippen molar-refractivity contribution in [3.8, 4) is 16.9 Å². The molecule has 7 heteroatoms. The molecule has 5 rings (SSSR count). The first kappa shape index (κ1) is 23.9. The van der Waals surface area contributed by atoms with Crippen LogP contribution in [0.15, 0.2) is 65.9 Å². The van der Waals surface area contributed by atoms with Gasteiger partial charge in [-0.3, -0.25) is 9.69 Å². The van der Waals surface area contributed by atoms with Crippen LogP contribution in [0.1, 0.15) is 52.0 Å². The zero-order valence-corrected chi connectivity index (χ0v) is 21.0. The largest absolute Gasteiger partial charge is 0.508 e. The van der Waals surface area contributed by atoms with Crippen LogP contribution >= 0.6 is 0 Å². The first-order valence-corrected chi connectivity index (χ1v) is 12.6. The van der Waals surface area contributed by atoms with Crippen molar-refractivity contribution < 1.29 is 14.3 Å². The molecule has 0 bridgehead atoms.